The van der Waals surface area contributed by atoms with Gasteiger partial charge in [0, 0.05) is 11.2 Å². The number of fused-ring (bicyclic) bond motifs is 1. The molecule has 0 aliphatic rings. The van der Waals surface area contributed by atoms with Gasteiger partial charge in [-0.2, -0.15) is 18.2 Å². The number of aromatic nitrogens is 3. The van der Waals surface area contributed by atoms with Crippen LogP contribution < -0.4 is 5.06 Å². The number of hydrogen-bond acceptors (Lipinski definition) is 5. The topological polar surface area (TPSA) is 51.1 Å². The highest BCUT2D eigenvalue weighted by Crippen LogP contribution is 2.36. The molecule has 1 aromatic carbocycles. The zero-order chi connectivity index (χ0) is 18.0. The summed E-state index contributed by atoms with van der Waals surface area (Å²) in [6.45, 7) is 1.90. The van der Waals surface area contributed by atoms with Crippen LogP contribution in [0, 0.1) is 0 Å². The Morgan fingerprint density at radius 1 is 1.16 bits per heavy atom. The van der Waals surface area contributed by atoms with E-state index in [-0.39, 0.29) is 23.3 Å². The van der Waals surface area contributed by atoms with Crippen molar-refractivity contribution in [1.82, 2.24) is 15.0 Å². The van der Waals surface area contributed by atoms with Crippen molar-refractivity contribution in [2.24, 2.45) is 0 Å². The van der Waals surface area contributed by atoms with Gasteiger partial charge in [0.25, 0.3) is 5.95 Å². The molecule has 0 fully saturated rings. The van der Waals surface area contributed by atoms with Gasteiger partial charge in [0.1, 0.15) is 5.52 Å². The van der Waals surface area contributed by atoms with Gasteiger partial charge in [-0.25, -0.2) is 9.97 Å². The molecule has 0 aliphatic heterocycles. The van der Waals surface area contributed by atoms with Crippen molar-refractivity contribution in [3.63, 3.8) is 0 Å². The first-order chi connectivity index (χ1) is 11.9. The Morgan fingerprint density at radius 3 is 2.68 bits per heavy atom. The highest BCUT2D eigenvalue weighted by Gasteiger charge is 2.32. The summed E-state index contributed by atoms with van der Waals surface area (Å²) in [6, 6.07) is 6.55. The number of pyridine rings is 1. The molecule has 0 radical (unpaired) electrons. The summed E-state index contributed by atoms with van der Waals surface area (Å²) in [4.78, 5) is 18.0. The Labute approximate surface area is 146 Å². The minimum absolute atomic E-state index is 0.0722. The third-order valence-electron chi connectivity index (χ3n) is 3.22. The van der Waals surface area contributed by atoms with E-state index in [4.69, 9.17) is 16.4 Å². The van der Waals surface area contributed by atoms with Gasteiger partial charge in [-0.3, -0.25) is 9.82 Å². The number of alkyl halides is 3. The van der Waals surface area contributed by atoms with Crippen molar-refractivity contribution in [3.05, 3.63) is 53.3 Å². The van der Waals surface area contributed by atoms with E-state index in [9.17, 15) is 13.2 Å². The van der Waals surface area contributed by atoms with Gasteiger partial charge in [-0.15, -0.1) is 0 Å². The van der Waals surface area contributed by atoms with Crippen LogP contribution in [0.3, 0.4) is 0 Å². The molecular weight excluding hydrogens is 357 g/mol. The van der Waals surface area contributed by atoms with E-state index >= 15 is 0 Å². The molecule has 0 atom stereocenters. The maximum absolute atomic E-state index is 13.1. The predicted molar refractivity (Wildman–Crippen MR) is 87.6 cm³/mol. The number of halogens is 4. The molecule has 5 nitrogen and oxygen atoms in total. The lowest BCUT2D eigenvalue weighted by molar-refractivity contribution is -0.137. The van der Waals surface area contributed by atoms with E-state index in [2.05, 4.69) is 15.0 Å². The van der Waals surface area contributed by atoms with E-state index in [1.165, 1.54) is 12.3 Å². The van der Waals surface area contributed by atoms with Gasteiger partial charge in [-0.05, 0) is 37.3 Å². The highest BCUT2D eigenvalue weighted by molar-refractivity contribution is 6.31. The van der Waals surface area contributed by atoms with E-state index < -0.39 is 11.7 Å². The Balaban J connectivity index is 2.10. The lowest BCUT2D eigenvalue weighted by Gasteiger charge is -2.22. The molecule has 0 N–H and O–H groups in total. The largest absolute Gasteiger partial charge is 0.416 e. The van der Waals surface area contributed by atoms with E-state index in [0.29, 0.717) is 11.0 Å². The Bertz CT molecular complexity index is 904. The van der Waals surface area contributed by atoms with Gasteiger partial charge in [0.2, 0.25) is 0 Å². The van der Waals surface area contributed by atoms with Crippen molar-refractivity contribution in [3.8, 4) is 0 Å². The highest BCUT2D eigenvalue weighted by atomic mass is 35.5. The number of nitrogens with zero attached hydrogens (tertiary/aromatic N) is 4. The van der Waals surface area contributed by atoms with Crippen LogP contribution >= 0.6 is 11.6 Å². The van der Waals surface area contributed by atoms with Crippen molar-refractivity contribution in [2.75, 3.05) is 11.7 Å². The lowest BCUT2D eigenvalue weighted by Crippen LogP contribution is -2.21. The minimum atomic E-state index is -4.54. The molecule has 0 unspecified atom stereocenters. The Hall–Kier alpha value is -2.45. The van der Waals surface area contributed by atoms with E-state index in [1.54, 1.807) is 25.3 Å². The van der Waals surface area contributed by atoms with Crippen molar-refractivity contribution < 1.29 is 18.0 Å². The van der Waals surface area contributed by atoms with Gasteiger partial charge in [0.15, 0.2) is 0 Å². The van der Waals surface area contributed by atoms with Crippen LogP contribution in [0.4, 0.5) is 24.8 Å². The quantitative estimate of drug-likeness (QED) is 0.620. The molecule has 0 amide bonds. The van der Waals surface area contributed by atoms with Crippen LogP contribution in [0.15, 0.2) is 42.7 Å². The zero-order valence-electron chi connectivity index (χ0n) is 13.0. The van der Waals surface area contributed by atoms with Gasteiger partial charge < -0.3 is 0 Å². The predicted octanol–water partition coefficient (Wildman–Crippen LogP) is 4.79. The molecular formula is C16H12ClF3N4O. The molecule has 0 saturated carbocycles. The SMILES string of the molecule is CCON(c1cc(Cl)cc(C(F)(F)F)c1)c1ncc2ncccc2n1. The molecule has 2 aromatic heterocycles. The summed E-state index contributed by atoms with van der Waals surface area (Å²) in [5.41, 5.74) is 0.284. The molecule has 130 valence electrons. The third-order valence-corrected chi connectivity index (χ3v) is 3.44. The molecule has 25 heavy (non-hydrogen) atoms. The average Bonchev–Trinajstić information content (AvgIpc) is 2.58. The molecule has 0 saturated heterocycles. The van der Waals surface area contributed by atoms with Crippen LogP contribution in [0.25, 0.3) is 11.0 Å². The van der Waals surface area contributed by atoms with Crippen LogP contribution in [0.1, 0.15) is 12.5 Å². The molecule has 0 bridgehead atoms. The summed E-state index contributed by atoms with van der Waals surface area (Å²) >= 11 is 5.85. The Morgan fingerprint density at radius 2 is 1.96 bits per heavy atom. The molecule has 9 heteroatoms. The van der Waals surface area contributed by atoms with Crippen molar-refractivity contribution >= 4 is 34.3 Å². The van der Waals surface area contributed by atoms with Crippen LogP contribution in [0.2, 0.25) is 5.02 Å². The maximum atomic E-state index is 13.1. The van der Waals surface area contributed by atoms with Crippen LogP contribution in [-0.4, -0.2) is 21.6 Å². The second kappa shape index (κ2) is 6.81. The average molecular weight is 369 g/mol. The first-order valence-corrected chi connectivity index (χ1v) is 7.65. The second-order valence-corrected chi connectivity index (χ2v) is 5.42. The van der Waals surface area contributed by atoms with Gasteiger partial charge in [-0.1, -0.05) is 11.6 Å². The van der Waals surface area contributed by atoms with Gasteiger partial charge in [0.05, 0.1) is 29.6 Å². The fourth-order valence-electron chi connectivity index (χ4n) is 2.19. The summed E-state index contributed by atoms with van der Waals surface area (Å²) < 4.78 is 39.2. The van der Waals surface area contributed by atoms with E-state index in [1.807, 2.05) is 0 Å². The molecule has 2 heterocycles. The first-order valence-electron chi connectivity index (χ1n) is 7.27. The van der Waals surface area contributed by atoms with Crippen LogP contribution in [-0.2, 0) is 11.0 Å². The van der Waals surface area contributed by atoms with Gasteiger partial charge >= 0.3 is 6.18 Å². The summed E-state index contributed by atoms with van der Waals surface area (Å²) in [6.07, 6.45) is -1.47. The summed E-state index contributed by atoms with van der Waals surface area (Å²) in [5.74, 6) is 0.0812. The van der Waals surface area contributed by atoms with E-state index in [0.717, 1.165) is 17.2 Å². The fourth-order valence-corrected chi connectivity index (χ4v) is 2.42. The third kappa shape index (κ3) is 3.80. The smallest absolute Gasteiger partial charge is 0.266 e. The second-order valence-electron chi connectivity index (χ2n) is 4.99. The zero-order valence-corrected chi connectivity index (χ0v) is 13.7. The van der Waals surface area contributed by atoms with Crippen LogP contribution in [0.5, 0.6) is 0 Å². The van der Waals surface area contributed by atoms with Crippen molar-refractivity contribution in [1.29, 1.82) is 0 Å². The number of rotatable bonds is 4. The maximum Gasteiger partial charge on any atom is 0.416 e. The summed E-state index contributed by atoms with van der Waals surface area (Å²) in [7, 11) is 0. The standard InChI is InChI=1S/C16H12ClF3N4O/c1-2-25-24(12-7-10(16(18,19)20)6-11(17)8-12)15-22-9-14-13(23-15)4-3-5-21-14/h3-9H,2H2,1H3. The number of benzene rings is 1. The number of anilines is 2. The number of hydrogen-bond donors (Lipinski definition) is 0. The normalized spacial score (nSPS) is 11.7. The minimum Gasteiger partial charge on any atom is -0.266 e. The molecule has 3 aromatic rings. The Kier molecular flexibility index (Phi) is 4.73. The fraction of sp³-hybridized carbons (Fsp3) is 0.188. The van der Waals surface area contributed by atoms with Crippen molar-refractivity contribution in [2.45, 2.75) is 13.1 Å². The lowest BCUT2D eigenvalue weighted by atomic mass is 10.2. The molecule has 0 spiro atoms. The molecule has 3 rings (SSSR count). The first kappa shape index (κ1) is 17.4. The summed E-state index contributed by atoms with van der Waals surface area (Å²) in [5, 5.41) is 1.05. The molecule has 0 aliphatic carbocycles. The monoisotopic (exact) mass is 368 g/mol.